The second-order valence-electron chi connectivity index (χ2n) is 4.67. The first kappa shape index (κ1) is 15.3. The fourth-order valence-electron chi connectivity index (χ4n) is 2.04. The Labute approximate surface area is 126 Å². The summed E-state index contributed by atoms with van der Waals surface area (Å²) < 4.78 is 13.2. The third-order valence-corrected chi connectivity index (χ3v) is 3.54. The van der Waals surface area contributed by atoms with Crippen molar-refractivity contribution < 1.29 is 14.3 Å². The van der Waals surface area contributed by atoms with Crippen LogP contribution >= 0.6 is 11.6 Å². The summed E-state index contributed by atoms with van der Waals surface area (Å²) in [6, 6.07) is 8.06. The third kappa shape index (κ3) is 3.31. The highest BCUT2D eigenvalue weighted by molar-refractivity contribution is 6.30. The molecule has 0 aliphatic carbocycles. The van der Waals surface area contributed by atoms with Crippen molar-refractivity contribution in [2.75, 3.05) is 11.9 Å². The van der Waals surface area contributed by atoms with Crippen LogP contribution in [0.4, 0.5) is 10.2 Å². The minimum Gasteiger partial charge on any atom is -0.478 e. The smallest absolute Gasteiger partial charge is 0.339 e. The molecular formula is C15H14ClFN2O2. The molecule has 0 bridgehead atoms. The number of anilines is 1. The van der Waals surface area contributed by atoms with Gasteiger partial charge in [-0.2, -0.15) is 0 Å². The number of aromatic carboxylic acids is 1. The van der Waals surface area contributed by atoms with Gasteiger partial charge in [0.1, 0.15) is 17.2 Å². The Morgan fingerprint density at radius 2 is 2.14 bits per heavy atom. The zero-order valence-electron chi connectivity index (χ0n) is 11.5. The topological polar surface area (TPSA) is 53.4 Å². The van der Waals surface area contributed by atoms with Crippen LogP contribution in [0.25, 0.3) is 0 Å². The lowest BCUT2D eigenvalue weighted by Gasteiger charge is -2.27. The first-order valence-corrected chi connectivity index (χ1v) is 6.65. The summed E-state index contributed by atoms with van der Waals surface area (Å²) in [5, 5.41) is 9.78. The maximum absolute atomic E-state index is 13.2. The number of aromatic nitrogens is 1. The summed E-state index contributed by atoms with van der Waals surface area (Å²) in [5.41, 5.74) is 0.735. The molecule has 1 heterocycles. The minimum absolute atomic E-state index is 0.167. The van der Waals surface area contributed by atoms with Crippen LogP contribution in [0.5, 0.6) is 0 Å². The molecule has 1 aromatic carbocycles. The lowest BCUT2D eigenvalue weighted by atomic mass is 10.1. The van der Waals surface area contributed by atoms with Crippen LogP contribution in [0.3, 0.4) is 0 Å². The van der Waals surface area contributed by atoms with E-state index < -0.39 is 11.8 Å². The van der Waals surface area contributed by atoms with Gasteiger partial charge in [-0.25, -0.2) is 14.2 Å². The second-order valence-corrected chi connectivity index (χ2v) is 5.11. The molecule has 0 radical (unpaired) electrons. The van der Waals surface area contributed by atoms with Crippen molar-refractivity contribution in [1.29, 1.82) is 0 Å². The Balaban J connectivity index is 2.40. The highest BCUT2D eigenvalue weighted by Crippen LogP contribution is 2.28. The highest BCUT2D eigenvalue weighted by atomic mass is 35.5. The van der Waals surface area contributed by atoms with Gasteiger partial charge in [0, 0.05) is 12.1 Å². The molecule has 0 fully saturated rings. The zero-order valence-corrected chi connectivity index (χ0v) is 12.3. The molecule has 21 heavy (non-hydrogen) atoms. The normalized spacial score (nSPS) is 12.0. The predicted molar refractivity (Wildman–Crippen MR) is 79.4 cm³/mol. The Morgan fingerprint density at radius 3 is 2.76 bits per heavy atom. The fraction of sp³-hybridized carbons (Fsp3) is 0.200. The molecule has 1 aromatic heterocycles. The maximum Gasteiger partial charge on any atom is 0.339 e. The van der Waals surface area contributed by atoms with Crippen molar-refractivity contribution in [2.45, 2.75) is 13.0 Å². The van der Waals surface area contributed by atoms with Crippen molar-refractivity contribution in [1.82, 2.24) is 4.98 Å². The first-order valence-electron chi connectivity index (χ1n) is 6.27. The zero-order chi connectivity index (χ0) is 15.6. The number of hydrogen-bond acceptors (Lipinski definition) is 3. The van der Waals surface area contributed by atoms with Gasteiger partial charge in [-0.3, -0.25) is 0 Å². The number of carboxylic acid groups (broad SMARTS) is 1. The monoisotopic (exact) mass is 308 g/mol. The molecule has 1 N–H and O–H groups in total. The molecule has 110 valence electrons. The molecule has 0 aliphatic rings. The van der Waals surface area contributed by atoms with Crippen LogP contribution in [0, 0.1) is 5.82 Å². The van der Waals surface area contributed by atoms with Crippen LogP contribution < -0.4 is 4.90 Å². The molecule has 0 amide bonds. The molecule has 6 heteroatoms. The van der Waals surface area contributed by atoms with Crippen LogP contribution in [0.15, 0.2) is 36.5 Å². The quantitative estimate of drug-likeness (QED) is 0.934. The molecule has 0 aliphatic heterocycles. The van der Waals surface area contributed by atoms with Crippen molar-refractivity contribution in [3.63, 3.8) is 0 Å². The highest BCUT2D eigenvalue weighted by Gasteiger charge is 2.21. The van der Waals surface area contributed by atoms with Gasteiger partial charge in [-0.15, -0.1) is 0 Å². The average Bonchev–Trinajstić information content (AvgIpc) is 2.45. The second kappa shape index (κ2) is 6.10. The standard InChI is InChI=1S/C15H14ClFN2O2/c1-9(10-4-3-5-11(16)6-10)19(2)14-13(15(20)21)7-12(17)8-18-14/h3-9H,1-2H3,(H,20,21). The average molecular weight is 309 g/mol. The van der Waals surface area contributed by atoms with Crippen molar-refractivity contribution in [3.8, 4) is 0 Å². The minimum atomic E-state index is -1.22. The van der Waals surface area contributed by atoms with Crippen molar-refractivity contribution >= 4 is 23.4 Å². The van der Waals surface area contributed by atoms with Gasteiger partial charge in [-0.1, -0.05) is 23.7 Å². The van der Waals surface area contributed by atoms with Crippen molar-refractivity contribution in [2.24, 2.45) is 0 Å². The Morgan fingerprint density at radius 1 is 1.43 bits per heavy atom. The molecule has 0 saturated carbocycles. The van der Waals surface area contributed by atoms with Crippen LogP contribution in [0.1, 0.15) is 28.9 Å². The molecule has 0 saturated heterocycles. The van der Waals surface area contributed by atoms with Gasteiger partial charge in [0.15, 0.2) is 0 Å². The van der Waals surface area contributed by atoms with E-state index in [0.29, 0.717) is 5.02 Å². The van der Waals surface area contributed by atoms with E-state index in [1.807, 2.05) is 19.1 Å². The van der Waals surface area contributed by atoms with E-state index in [4.69, 9.17) is 11.6 Å². The number of pyridine rings is 1. The fourth-order valence-corrected chi connectivity index (χ4v) is 2.24. The third-order valence-electron chi connectivity index (χ3n) is 3.31. The molecule has 1 atom stereocenters. The van der Waals surface area contributed by atoms with E-state index in [9.17, 15) is 14.3 Å². The summed E-state index contributed by atoms with van der Waals surface area (Å²) in [5.74, 6) is -1.70. The van der Waals surface area contributed by atoms with Gasteiger partial charge in [0.2, 0.25) is 0 Å². The van der Waals surface area contributed by atoms with Crippen LogP contribution in [0.2, 0.25) is 5.02 Å². The van der Waals surface area contributed by atoms with Crippen LogP contribution in [-0.4, -0.2) is 23.1 Å². The molecule has 0 spiro atoms. The number of rotatable bonds is 4. The van der Waals surface area contributed by atoms with Crippen molar-refractivity contribution in [3.05, 3.63) is 58.5 Å². The predicted octanol–water partition coefficient (Wildman–Crippen LogP) is 3.77. The maximum atomic E-state index is 13.2. The van der Waals surface area contributed by atoms with Crippen LogP contribution in [-0.2, 0) is 0 Å². The van der Waals surface area contributed by atoms with Gasteiger partial charge >= 0.3 is 5.97 Å². The van der Waals surface area contributed by atoms with E-state index in [0.717, 1.165) is 17.8 Å². The number of carbonyl (C=O) groups is 1. The molecule has 2 aromatic rings. The number of carboxylic acids is 1. The van der Waals surface area contributed by atoms with Gasteiger partial charge in [-0.05, 0) is 30.7 Å². The summed E-state index contributed by atoms with van der Waals surface area (Å²) >= 11 is 5.96. The lowest BCUT2D eigenvalue weighted by Crippen LogP contribution is -2.25. The van der Waals surface area contributed by atoms with Gasteiger partial charge in [0.05, 0.1) is 12.2 Å². The SMILES string of the molecule is CC(c1cccc(Cl)c1)N(C)c1ncc(F)cc1C(=O)O. The number of nitrogens with zero attached hydrogens (tertiary/aromatic N) is 2. The summed E-state index contributed by atoms with van der Waals surface area (Å²) in [7, 11) is 1.71. The first-order chi connectivity index (χ1) is 9.90. The summed E-state index contributed by atoms with van der Waals surface area (Å²) in [6.45, 7) is 1.89. The van der Waals surface area contributed by atoms with E-state index in [1.165, 1.54) is 0 Å². The summed E-state index contributed by atoms with van der Waals surface area (Å²) in [6.07, 6.45) is 1.00. The lowest BCUT2D eigenvalue weighted by molar-refractivity contribution is 0.0696. The Kier molecular flexibility index (Phi) is 4.43. The number of benzene rings is 1. The number of halogens is 2. The molecule has 2 rings (SSSR count). The summed E-state index contributed by atoms with van der Waals surface area (Å²) in [4.78, 5) is 16.8. The van der Waals surface area contributed by atoms with Gasteiger partial charge in [0.25, 0.3) is 0 Å². The van der Waals surface area contributed by atoms with E-state index >= 15 is 0 Å². The molecule has 1 unspecified atom stereocenters. The van der Waals surface area contributed by atoms with E-state index in [-0.39, 0.29) is 17.4 Å². The molecular weight excluding hydrogens is 295 g/mol. The largest absolute Gasteiger partial charge is 0.478 e. The molecule has 4 nitrogen and oxygen atoms in total. The van der Waals surface area contributed by atoms with E-state index in [2.05, 4.69) is 4.98 Å². The Bertz CT molecular complexity index is 678. The number of hydrogen-bond donors (Lipinski definition) is 1. The van der Waals surface area contributed by atoms with E-state index in [1.54, 1.807) is 24.1 Å². The Hall–Kier alpha value is -2.14. The van der Waals surface area contributed by atoms with Gasteiger partial charge < -0.3 is 10.0 Å².